The van der Waals surface area contributed by atoms with Crippen molar-refractivity contribution in [2.45, 2.75) is 32.5 Å². The number of morpholine rings is 1. The van der Waals surface area contributed by atoms with Gasteiger partial charge in [-0.05, 0) is 13.8 Å². The molecule has 2 unspecified atom stereocenters. The van der Waals surface area contributed by atoms with Gasteiger partial charge < -0.3 is 10.5 Å². The molecule has 1 fully saturated rings. The Kier molecular flexibility index (Phi) is 4.15. The fourth-order valence-electron chi connectivity index (χ4n) is 2.22. The van der Waals surface area contributed by atoms with Crippen LogP contribution in [-0.2, 0) is 11.3 Å². The van der Waals surface area contributed by atoms with Crippen molar-refractivity contribution >= 4 is 0 Å². The fourth-order valence-corrected chi connectivity index (χ4v) is 2.22. The Balaban J connectivity index is 2.00. The van der Waals surface area contributed by atoms with Crippen molar-refractivity contribution in [1.29, 1.82) is 0 Å². The van der Waals surface area contributed by atoms with Crippen LogP contribution in [0.1, 0.15) is 25.5 Å². The Morgan fingerprint density at radius 3 is 3.12 bits per heavy atom. The molecule has 2 heterocycles. The quantitative estimate of drug-likeness (QED) is 0.835. The molecule has 1 aliphatic heterocycles. The molecule has 0 bridgehead atoms. The van der Waals surface area contributed by atoms with E-state index in [1.165, 1.54) is 5.56 Å². The summed E-state index contributed by atoms with van der Waals surface area (Å²) in [6.07, 6.45) is 4.26. The molecule has 5 nitrogen and oxygen atoms in total. The van der Waals surface area contributed by atoms with Crippen molar-refractivity contribution in [3.05, 3.63) is 18.0 Å². The molecule has 1 aliphatic rings. The molecule has 0 radical (unpaired) electrons. The summed E-state index contributed by atoms with van der Waals surface area (Å²) in [7, 11) is 0. The molecule has 0 aliphatic carbocycles. The molecule has 1 aromatic heterocycles. The second-order valence-electron chi connectivity index (χ2n) is 4.53. The van der Waals surface area contributed by atoms with Gasteiger partial charge in [0.25, 0.3) is 0 Å². The van der Waals surface area contributed by atoms with Crippen LogP contribution in [0.2, 0.25) is 0 Å². The maximum absolute atomic E-state index is 5.66. The van der Waals surface area contributed by atoms with Crippen LogP contribution in [0.4, 0.5) is 0 Å². The predicted octanol–water partition coefficient (Wildman–Crippen LogP) is 0.624. The second-order valence-corrected chi connectivity index (χ2v) is 4.53. The van der Waals surface area contributed by atoms with Crippen LogP contribution in [0.25, 0.3) is 0 Å². The van der Waals surface area contributed by atoms with Crippen LogP contribution in [0.3, 0.4) is 0 Å². The number of ether oxygens (including phenoxy) is 1. The lowest BCUT2D eigenvalue weighted by atomic mass is 10.1. The standard InChI is InChI=1S/C12H22N4O/c1-3-16-8-11(7-14-16)10(2)15-4-5-17-12(6-13)9-15/h7-8,10,12H,3-6,9,13H2,1-2H3. The number of nitrogens with zero attached hydrogens (tertiary/aromatic N) is 3. The van der Waals surface area contributed by atoms with Crippen molar-refractivity contribution < 1.29 is 4.74 Å². The van der Waals surface area contributed by atoms with Gasteiger partial charge in [-0.1, -0.05) is 0 Å². The number of rotatable bonds is 4. The maximum atomic E-state index is 5.66. The van der Waals surface area contributed by atoms with Crippen molar-refractivity contribution in [1.82, 2.24) is 14.7 Å². The Morgan fingerprint density at radius 1 is 1.65 bits per heavy atom. The molecule has 0 spiro atoms. The third-order valence-electron chi connectivity index (χ3n) is 3.44. The molecular weight excluding hydrogens is 216 g/mol. The Bertz CT molecular complexity index is 352. The van der Waals surface area contributed by atoms with Crippen LogP contribution >= 0.6 is 0 Å². The van der Waals surface area contributed by atoms with E-state index in [1.807, 2.05) is 10.9 Å². The SMILES string of the molecule is CCn1cc(C(C)N2CCOC(CN)C2)cn1. The van der Waals surface area contributed by atoms with E-state index in [4.69, 9.17) is 10.5 Å². The van der Waals surface area contributed by atoms with E-state index >= 15 is 0 Å². The topological polar surface area (TPSA) is 56.3 Å². The first kappa shape index (κ1) is 12.5. The summed E-state index contributed by atoms with van der Waals surface area (Å²) in [5, 5.41) is 4.32. The first-order chi connectivity index (χ1) is 8.24. The lowest BCUT2D eigenvalue weighted by Gasteiger charge is -2.36. The van der Waals surface area contributed by atoms with E-state index in [9.17, 15) is 0 Å². The van der Waals surface area contributed by atoms with E-state index in [0.29, 0.717) is 12.6 Å². The highest BCUT2D eigenvalue weighted by Crippen LogP contribution is 2.21. The summed E-state index contributed by atoms with van der Waals surface area (Å²) in [6.45, 7) is 8.48. The van der Waals surface area contributed by atoms with Gasteiger partial charge in [0.05, 0.1) is 18.9 Å². The molecule has 17 heavy (non-hydrogen) atoms. The number of aryl methyl sites for hydroxylation is 1. The Morgan fingerprint density at radius 2 is 2.47 bits per heavy atom. The Hall–Kier alpha value is -0.910. The van der Waals surface area contributed by atoms with Gasteiger partial charge in [0.1, 0.15) is 0 Å². The van der Waals surface area contributed by atoms with E-state index in [0.717, 1.165) is 26.2 Å². The van der Waals surface area contributed by atoms with Crippen molar-refractivity contribution in [3.63, 3.8) is 0 Å². The third kappa shape index (κ3) is 2.86. The minimum absolute atomic E-state index is 0.174. The van der Waals surface area contributed by atoms with Crippen molar-refractivity contribution in [3.8, 4) is 0 Å². The predicted molar refractivity (Wildman–Crippen MR) is 66.7 cm³/mol. The largest absolute Gasteiger partial charge is 0.374 e. The van der Waals surface area contributed by atoms with Gasteiger partial charge in [-0.15, -0.1) is 0 Å². The lowest BCUT2D eigenvalue weighted by Crippen LogP contribution is -2.46. The highest BCUT2D eigenvalue weighted by Gasteiger charge is 2.24. The van der Waals surface area contributed by atoms with Gasteiger partial charge >= 0.3 is 0 Å². The maximum Gasteiger partial charge on any atom is 0.0824 e. The van der Waals surface area contributed by atoms with E-state index < -0.39 is 0 Å². The van der Waals surface area contributed by atoms with Crippen molar-refractivity contribution in [2.75, 3.05) is 26.2 Å². The minimum Gasteiger partial charge on any atom is -0.374 e. The number of aromatic nitrogens is 2. The zero-order valence-electron chi connectivity index (χ0n) is 10.7. The number of hydrogen-bond donors (Lipinski definition) is 1. The molecule has 5 heteroatoms. The molecule has 0 saturated carbocycles. The average Bonchev–Trinajstić information content (AvgIpc) is 2.86. The van der Waals surface area contributed by atoms with Gasteiger partial charge in [0.15, 0.2) is 0 Å². The summed E-state index contributed by atoms with van der Waals surface area (Å²) in [5.74, 6) is 0. The van der Waals surface area contributed by atoms with Gasteiger partial charge in [-0.2, -0.15) is 5.10 Å². The smallest absolute Gasteiger partial charge is 0.0824 e. The first-order valence-electron chi connectivity index (χ1n) is 6.32. The minimum atomic E-state index is 0.174. The zero-order valence-corrected chi connectivity index (χ0v) is 10.7. The summed E-state index contributed by atoms with van der Waals surface area (Å²) in [4.78, 5) is 2.41. The second kappa shape index (κ2) is 5.62. The molecular formula is C12H22N4O. The first-order valence-corrected chi connectivity index (χ1v) is 6.32. The average molecular weight is 238 g/mol. The third-order valence-corrected chi connectivity index (χ3v) is 3.44. The Labute approximate surface area is 103 Å². The fraction of sp³-hybridized carbons (Fsp3) is 0.750. The van der Waals surface area contributed by atoms with Gasteiger partial charge in [0.2, 0.25) is 0 Å². The van der Waals surface area contributed by atoms with Gasteiger partial charge in [-0.3, -0.25) is 9.58 Å². The highest BCUT2D eigenvalue weighted by atomic mass is 16.5. The van der Waals surface area contributed by atoms with Crippen LogP contribution in [0.5, 0.6) is 0 Å². The lowest BCUT2D eigenvalue weighted by molar-refractivity contribution is -0.0364. The van der Waals surface area contributed by atoms with Crippen molar-refractivity contribution in [2.24, 2.45) is 5.73 Å². The summed E-state index contributed by atoms with van der Waals surface area (Å²) >= 11 is 0. The molecule has 2 N–H and O–H groups in total. The number of hydrogen-bond acceptors (Lipinski definition) is 4. The molecule has 2 rings (SSSR count). The molecule has 96 valence electrons. The highest BCUT2D eigenvalue weighted by molar-refractivity contribution is 5.10. The van der Waals surface area contributed by atoms with E-state index in [2.05, 4.69) is 30.0 Å². The molecule has 1 aromatic rings. The van der Waals surface area contributed by atoms with Gasteiger partial charge in [-0.25, -0.2) is 0 Å². The molecule has 0 aromatic carbocycles. The summed E-state index contributed by atoms with van der Waals surface area (Å²) < 4.78 is 7.55. The molecule has 1 saturated heterocycles. The summed E-state index contributed by atoms with van der Waals surface area (Å²) in [5.41, 5.74) is 6.93. The molecule has 2 atom stereocenters. The van der Waals surface area contributed by atoms with Crippen LogP contribution in [-0.4, -0.2) is 47.0 Å². The van der Waals surface area contributed by atoms with Gasteiger partial charge in [0, 0.05) is 44.0 Å². The van der Waals surface area contributed by atoms with E-state index in [1.54, 1.807) is 0 Å². The van der Waals surface area contributed by atoms with Crippen LogP contribution in [0, 0.1) is 0 Å². The summed E-state index contributed by atoms with van der Waals surface area (Å²) in [6, 6.07) is 0.383. The van der Waals surface area contributed by atoms with E-state index in [-0.39, 0.29) is 6.10 Å². The monoisotopic (exact) mass is 238 g/mol. The number of nitrogens with two attached hydrogens (primary N) is 1. The van der Waals surface area contributed by atoms with Crippen LogP contribution in [0.15, 0.2) is 12.4 Å². The van der Waals surface area contributed by atoms with Crippen LogP contribution < -0.4 is 5.73 Å². The zero-order chi connectivity index (χ0) is 12.3. The normalized spacial score (nSPS) is 23.8. The molecule has 0 amide bonds.